The van der Waals surface area contributed by atoms with Crippen molar-refractivity contribution in [3.8, 4) is 0 Å². The molecule has 2 nitrogen and oxygen atoms in total. The Labute approximate surface area is 122 Å². The lowest BCUT2D eigenvalue weighted by Crippen LogP contribution is -2.32. The number of hydrogen-bond donors (Lipinski definition) is 2. The van der Waals surface area contributed by atoms with Gasteiger partial charge in [0.05, 0.1) is 11.7 Å². The van der Waals surface area contributed by atoms with Gasteiger partial charge in [0.2, 0.25) is 0 Å². The summed E-state index contributed by atoms with van der Waals surface area (Å²) in [5.74, 6) is 1.21. The number of halogens is 3. The molecule has 2 aliphatic rings. The number of aliphatic hydroxyl groups excluding tert-OH is 1. The van der Waals surface area contributed by atoms with Crippen molar-refractivity contribution in [2.75, 3.05) is 6.54 Å². The number of fused-ring (bicyclic) bond motifs is 1. The van der Waals surface area contributed by atoms with Crippen LogP contribution >= 0.6 is 0 Å². The maximum Gasteiger partial charge on any atom is 0.416 e. The summed E-state index contributed by atoms with van der Waals surface area (Å²) in [5, 5.41) is 10.5. The van der Waals surface area contributed by atoms with E-state index in [1.165, 1.54) is 12.5 Å². The van der Waals surface area contributed by atoms with Crippen molar-refractivity contribution in [3.05, 3.63) is 35.4 Å². The van der Waals surface area contributed by atoms with Crippen molar-refractivity contribution in [2.45, 2.75) is 37.5 Å². The van der Waals surface area contributed by atoms with Crippen LogP contribution in [-0.2, 0) is 6.18 Å². The SMILES string of the molecule is NCC(c1cccc(C(F)(F)F)c1)C(O)C1CC2CC2C1. The van der Waals surface area contributed by atoms with E-state index in [0.29, 0.717) is 5.56 Å². The third-order valence-corrected chi connectivity index (χ3v) is 5.07. The Hall–Kier alpha value is -1.07. The fourth-order valence-electron chi connectivity index (χ4n) is 3.79. The topological polar surface area (TPSA) is 46.2 Å². The van der Waals surface area contributed by atoms with Gasteiger partial charge in [-0.1, -0.05) is 18.2 Å². The van der Waals surface area contributed by atoms with Gasteiger partial charge in [-0.15, -0.1) is 0 Å². The first kappa shape index (κ1) is 14.9. The Morgan fingerprint density at radius 3 is 2.43 bits per heavy atom. The molecule has 5 heteroatoms. The van der Waals surface area contributed by atoms with Crippen LogP contribution in [0.2, 0.25) is 0 Å². The highest BCUT2D eigenvalue weighted by atomic mass is 19.4. The van der Waals surface area contributed by atoms with Crippen molar-refractivity contribution in [3.63, 3.8) is 0 Å². The minimum Gasteiger partial charge on any atom is -0.392 e. The minimum absolute atomic E-state index is 0.161. The van der Waals surface area contributed by atoms with Crippen LogP contribution in [0.5, 0.6) is 0 Å². The molecular formula is C16H20F3NO. The zero-order valence-electron chi connectivity index (χ0n) is 11.7. The highest BCUT2D eigenvalue weighted by Gasteiger charge is 2.48. The van der Waals surface area contributed by atoms with Gasteiger partial charge in [-0.2, -0.15) is 13.2 Å². The van der Waals surface area contributed by atoms with Crippen LogP contribution in [0, 0.1) is 17.8 Å². The molecule has 3 N–H and O–H groups in total. The smallest absolute Gasteiger partial charge is 0.392 e. The van der Waals surface area contributed by atoms with Crippen molar-refractivity contribution in [1.29, 1.82) is 0 Å². The van der Waals surface area contributed by atoms with Crippen LogP contribution in [0.4, 0.5) is 13.2 Å². The third kappa shape index (κ3) is 2.94. The summed E-state index contributed by atoms with van der Waals surface area (Å²) in [5.41, 5.74) is 5.54. The van der Waals surface area contributed by atoms with Gasteiger partial charge in [-0.3, -0.25) is 0 Å². The summed E-state index contributed by atoms with van der Waals surface area (Å²) in [7, 11) is 0. The normalized spacial score (nSPS) is 30.8. The summed E-state index contributed by atoms with van der Waals surface area (Å²) >= 11 is 0. The number of alkyl halides is 3. The van der Waals surface area contributed by atoms with E-state index in [9.17, 15) is 18.3 Å². The lowest BCUT2D eigenvalue weighted by Gasteiger charge is -2.28. The molecule has 2 fully saturated rings. The zero-order valence-corrected chi connectivity index (χ0v) is 11.7. The average molecular weight is 299 g/mol. The molecule has 0 bridgehead atoms. The highest BCUT2D eigenvalue weighted by molar-refractivity contribution is 5.29. The van der Waals surface area contributed by atoms with E-state index >= 15 is 0 Å². The molecule has 21 heavy (non-hydrogen) atoms. The standard InChI is InChI=1S/C16H20F3NO/c17-16(18,19)13-3-1-2-9(7-13)14(8-20)15(21)12-5-10-4-11(10)6-12/h1-3,7,10-12,14-15,21H,4-6,8,20H2. The molecule has 0 aliphatic heterocycles. The highest BCUT2D eigenvalue weighted by Crippen LogP contribution is 2.56. The van der Waals surface area contributed by atoms with Crippen LogP contribution in [0.3, 0.4) is 0 Å². The first-order chi connectivity index (χ1) is 9.90. The molecule has 0 amide bonds. The molecule has 4 atom stereocenters. The van der Waals surface area contributed by atoms with E-state index in [1.807, 2.05) is 0 Å². The van der Waals surface area contributed by atoms with Gasteiger partial charge in [0.1, 0.15) is 0 Å². The largest absolute Gasteiger partial charge is 0.416 e. The van der Waals surface area contributed by atoms with Gasteiger partial charge >= 0.3 is 6.18 Å². The summed E-state index contributed by atoms with van der Waals surface area (Å²) in [6.45, 7) is 0.161. The van der Waals surface area contributed by atoms with Gasteiger partial charge < -0.3 is 10.8 Å². The fourth-order valence-corrected chi connectivity index (χ4v) is 3.79. The lowest BCUT2D eigenvalue weighted by atomic mass is 9.83. The van der Waals surface area contributed by atoms with E-state index in [2.05, 4.69) is 0 Å². The summed E-state index contributed by atoms with van der Waals surface area (Å²) in [6.07, 6.45) is -1.79. The molecule has 3 rings (SSSR count). The van der Waals surface area contributed by atoms with Gasteiger partial charge in [-0.25, -0.2) is 0 Å². The number of hydrogen-bond acceptors (Lipinski definition) is 2. The maximum atomic E-state index is 12.8. The third-order valence-electron chi connectivity index (χ3n) is 5.07. The Kier molecular flexibility index (Phi) is 3.74. The second kappa shape index (κ2) is 5.29. The molecule has 0 saturated heterocycles. The molecule has 0 spiro atoms. The quantitative estimate of drug-likeness (QED) is 0.897. The maximum absolute atomic E-state index is 12.8. The molecular weight excluding hydrogens is 279 g/mol. The molecule has 0 aromatic heterocycles. The molecule has 2 saturated carbocycles. The van der Waals surface area contributed by atoms with Gasteiger partial charge in [-0.05, 0) is 48.6 Å². The van der Waals surface area contributed by atoms with E-state index in [-0.39, 0.29) is 12.5 Å². The molecule has 0 radical (unpaired) electrons. The summed E-state index contributed by atoms with van der Waals surface area (Å²) < 4.78 is 38.4. The first-order valence-electron chi connectivity index (χ1n) is 7.45. The minimum atomic E-state index is -4.37. The Morgan fingerprint density at radius 1 is 1.19 bits per heavy atom. The number of aliphatic hydroxyl groups is 1. The van der Waals surface area contributed by atoms with Crippen LogP contribution in [-0.4, -0.2) is 17.8 Å². The number of nitrogens with two attached hydrogens (primary N) is 1. The van der Waals surface area contributed by atoms with E-state index in [4.69, 9.17) is 5.73 Å². The van der Waals surface area contributed by atoms with Crippen molar-refractivity contribution in [1.82, 2.24) is 0 Å². The van der Waals surface area contributed by atoms with Crippen molar-refractivity contribution in [2.24, 2.45) is 23.5 Å². The van der Waals surface area contributed by atoms with Gasteiger partial charge in [0, 0.05) is 12.5 Å². The molecule has 116 valence electrons. The second-order valence-corrected chi connectivity index (χ2v) is 6.44. The Bertz CT molecular complexity index is 506. The van der Waals surface area contributed by atoms with Crippen LogP contribution in [0.15, 0.2) is 24.3 Å². The van der Waals surface area contributed by atoms with Crippen LogP contribution in [0.1, 0.15) is 36.3 Å². The molecule has 1 aromatic carbocycles. The van der Waals surface area contributed by atoms with E-state index < -0.39 is 23.8 Å². The van der Waals surface area contributed by atoms with E-state index in [0.717, 1.165) is 36.8 Å². The Morgan fingerprint density at radius 2 is 1.86 bits per heavy atom. The molecule has 1 aromatic rings. The molecule has 0 heterocycles. The van der Waals surface area contributed by atoms with Gasteiger partial charge in [0.25, 0.3) is 0 Å². The van der Waals surface area contributed by atoms with Gasteiger partial charge in [0.15, 0.2) is 0 Å². The number of rotatable bonds is 4. The molecule has 2 aliphatic carbocycles. The average Bonchev–Trinajstić information content (AvgIpc) is 3.05. The number of benzene rings is 1. The lowest BCUT2D eigenvalue weighted by molar-refractivity contribution is -0.137. The predicted molar refractivity (Wildman–Crippen MR) is 73.6 cm³/mol. The van der Waals surface area contributed by atoms with Crippen LogP contribution < -0.4 is 5.73 Å². The second-order valence-electron chi connectivity index (χ2n) is 6.44. The van der Waals surface area contributed by atoms with E-state index in [1.54, 1.807) is 6.07 Å². The predicted octanol–water partition coefficient (Wildman–Crippen LogP) is 3.15. The van der Waals surface area contributed by atoms with Crippen molar-refractivity contribution < 1.29 is 18.3 Å². The Balaban J connectivity index is 1.79. The molecule has 4 unspecified atom stereocenters. The summed E-state index contributed by atoms with van der Waals surface area (Å²) in [6, 6.07) is 5.19. The zero-order chi connectivity index (χ0) is 15.2. The summed E-state index contributed by atoms with van der Waals surface area (Å²) in [4.78, 5) is 0. The monoisotopic (exact) mass is 299 g/mol. The van der Waals surface area contributed by atoms with Crippen LogP contribution in [0.25, 0.3) is 0 Å². The first-order valence-corrected chi connectivity index (χ1v) is 7.45. The van der Waals surface area contributed by atoms with Crippen molar-refractivity contribution >= 4 is 0 Å². The fraction of sp³-hybridized carbons (Fsp3) is 0.625.